The second-order valence-electron chi connectivity index (χ2n) is 6.65. The number of imide groups is 1. The van der Waals surface area contributed by atoms with Gasteiger partial charge in [0.15, 0.2) is 11.0 Å². The van der Waals surface area contributed by atoms with Gasteiger partial charge in [0.25, 0.3) is 0 Å². The van der Waals surface area contributed by atoms with Gasteiger partial charge in [-0.15, -0.1) is 10.2 Å². The van der Waals surface area contributed by atoms with Crippen LogP contribution in [0.2, 0.25) is 0 Å². The summed E-state index contributed by atoms with van der Waals surface area (Å²) < 4.78 is 20.9. The smallest absolute Gasteiger partial charge is 0.321 e. The van der Waals surface area contributed by atoms with Crippen LogP contribution in [0.25, 0.3) is 11.4 Å². The van der Waals surface area contributed by atoms with Crippen molar-refractivity contribution in [3.63, 3.8) is 0 Å². The Bertz CT molecular complexity index is 837. The van der Waals surface area contributed by atoms with E-state index in [0.717, 1.165) is 31.4 Å². The van der Waals surface area contributed by atoms with Crippen molar-refractivity contribution in [2.24, 2.45) is 0 Å². The molecular formula is C19H24FN5O3S. The molecule has 1 aromatic carbocycles. The average Bonchev–Trinajstić information content (AvgIpc) is 3.36. The molecule has 1 aliphatic heterocycles. The minimum Gasteiger partial charge on any atom is -0.376 e. The Labute approximate surface area is 172 Å². The number of carbonyl (C=O) groups is 2. The molecule has 156 valence electrons. The van der Waals surface area contributed by atoms with Gasteiger partial charge in [0.1, 0.15) is 5.82 Å². The van der Waals surface area contributed by atoms with Gasteiger partial charge in [-0.25, -0.2) is 9.18 Å². The SMILES string of the molecule is CCCNC(=O)NC(=O)CSc1nnc(-c2ccc(F)cc2)n1C[C@@H]1CCCO1. The highest BCUT2D eigenvalue weighted by molar-refractivity contribution is 7.99. The summed E-state index contributed by atoms with van der Waals surface area (Å²) in [5.41, 5.74) is 0.729. The molecular weight excluding hydrogens is 397 g/mol. The van der Waals surface area contributed by atoms with Gasteiger partial charge in [-0.05, 0) is 43.5 Å². The van der Waals surface area contributed by atoms with Crippen LogP contribution in [0.15, 0.2) is 29.4 Å². The monoisotopic (exact) mass is 421 g/mol. The molecule has 0 saturated carbocycles. The molecule has 0 radical (unpaired) electrons. The number of aromatic nitrogens is 3. The second-order valence-corrected chi connectivity index (χ2v) is 7.59. The molecule has 1 aliphatic rings. The first-order valence-corrected chi connectivity index (χ1v) is 10.6. The minimum atomic E-state index is -0.509. The van der Waals surface area contributed by atoms with E-state index in [2.05, 4.69) is 20.8 Å². The zero-order valence-corrected chi connectivity index (χ0v) is 17.0. The van der Waals surface area contributed by atoms with Crippen LogP contribution in [0.5, 0.6) is 0 Å². The van der Waals surface area contributed by atoms with Crippen molar-refractivity contribution < 1.29 is 18.7 Å². The van der Waals surface area contributed by atoms with Crippen molar-refractivity contribution in [3.05, 3.63) is 30.1 Å². The summed E-state index contributed by atoms with van der Waals surface area (Å²) in [7, 11) is 0. The third-order valence-corrected chi connectivity index (χ3v) is 5.32. The van der Waals surface area contributed by atoms with Gasteiger partial charge in [0, 0.05) is 18.7 Å². The zero-order chi connectivity index (χ0) is 20.6. The molecule has 10 heteroatoms. The van der Waals surface area contributed by atoms with E-state index >= 15 is 0 Å². The number of halogens is 1. The molecule has 1 fully saturated rings. The maximum atomic E-state index is 13.3. The van der Waals surface area contributed by atoms with Gasteiger partial charge < -0.3 is 10.1 Å². The summed E-state index contributed by atoms with van der Waals surface area (Å²) in [6, 6.07) is 5.52. The highest BCUT2D eigenvalue weighted by Crippen LogP contribution is 2.26. The van der Waals surface area contributed by atoms with Crippen molar-refractivity contribution in [2.45, 2.75) is 44.0 Å². The molecule has 0 spiro atoms. The quantitative estimate of drug-likeness (QED) is 0.636. The predicted molar refractivity (Wildman–Crippen MR) is 107 cm³/mol. The molecule has 2 heterocycles. The molecule has 3 rings (SSSR count). The highest BCUT2D eigenvalue weighted by atomic mass is 32.2. The normalized spacial score (nSPS) is 16.0. The van der Waals surface area contributed by atoms with Gasteiger partial charge in [0.05, 0.1) is 18.4 Å². The molecule has 3 amide bonds. The highest BCUT2D eigenvalue weighted by Gasteiger charge is 2.22. The number of hydrogen-bond donors (Lipinski definition) is 2. The first-order chi connectivity index (χ1) is 14.1. The van der Waals surface area contributed by atoms with Crippen LogP contribution in [0.1, 0.15) is 26.2 Å². The van der Waals surface area contributed by atoms with Crippen LogP contribution in [-0.2, 0) is 16.1 Å². The van der Waals surface area contributed by atoms with Crippen LogP contribution in [0.3, 0.4) is 0 Å². The van der Waals surface area contributed by atoms with E-state index in [0.29, 0.717) is 24.1 Å². The Morgan fingerprint density at radius 1 is 1.31 bits per heavy atom. The number of nitrogens with one attached hydrogen (secondary N) is 2. The standard InChI is InChI=1S/C19H24FN5O3S/c1-2-9-21-18(27)22-16(26)12-29-19-24-23-17(13-5-7-14(20)8-6-13)25(19)11-15-4-3-10-28-15/h5-8,15H,2-4,9-12H2,1H3,(H2,21,22,26,27)/t15-/m0/s1. The van der Waals surface area contributed by atoms with E-state index in [1.807, 2.05) is 11.5 Å². The van der Waals surface area contributed by atoms with Crippen LogP contribution in [-0.4, -0.2) is 51.7 Å². The van der Waals surface area contributed by atoms with Crippen molar-refractivity contribution in [3.8, 4) is 11.4 Å². The van der Waals surface area contributed by atoms with Gasteiger partial charge in [-0.1, -0.05) is 18.7 Å². The number of amides is 3. The van der Waals surface area contributed by atoms with E-state index in [1.54, 1.807) is 12.1 Å². The fourth-order valence-corrected chi connectivity index (χ4v) is 3.69. The molecule has 0 aliphatic carbocycles. The third-order valence-electron chi connectivity index (χ3n) is 4.35. The number of rotatable bonds is 8. The van der Waals surface area contributed by atoms with E-state index in [4.69, 9.17) is 4.74 Å². The molecule has 29 heavy (non-hydrogen) atoms. The summed E-state index contributed by atoms with van der Waals surface area (Å²) in [4.78, 5) is 23.6. The number of nitrogens with zero attached hydrogens (tertiary/aromatic N) is 3. The fraction of sp³-hybridized carbons (Fsp3) is 0.474. The number of benzene rings is 1. The molecule has 1 atom stereocenters. The number of urea groups is 1. The van der Waals surface area contributed by atoms with Crippen LogP contribution >= 0.6 is 11.8 Å². The lowest BCUT2D eigenvalue weighted by Crippen LogP contribution is -2.40. The number of carbonyl (C=O) groups excluding carboxylic acids is 2. The lowest BCUT2D eigenvalue weighted by Gasteiger charge is -2.14. The van der Waals surface area contributed by atoms with Crippen LogP contribution in [0.4, 0.5) is 9.18 Å². The summed E-state index contributed by atoms with van der Waals surface area (Å²) >= 11 is 1.19. The van der Waals surface area contributed by atoms with E-state index in [9.17, 15) is 14.0 Å². The molecule has 8 nitrogen and oxygen atoms in total. The lowest BCUT2D eigenvalue weighted by atomic mass is 10.2. The first-order valence-electron chi connectivity index (χ1n) is 9.58. The van der Waals surface area contributed by atoms with Gasteiger partial charge in [-0.2, -0.15) is 0 Å². The maximum absolute atomic E-state index is 13.3. The molecule has 1 saturated heterocycles. The van der Waals surface area contributed by atoms with Gasteiger partial charge >= 0.3 is 6.03 Å². The average molecular weight is 421 g/mol. The summed E-state index contributed by atoms with van der Waals surface area (Å²) in [6.07, 6.45) is 2.76. The number of hydrogen-bond acceptors (Lipinski definition) is 6. The van der Waals surface area contributed by atoms with Crippen LogP contribution in [0, 0.1) is 5.82 Å². The lowest BCUT2D eigenvalue weighted by molar-refractivity contribution is -0.117. The first kappa shape index (κ1) is 21.3. The number of thioether (sulfide) groups is 1. The molecule has 1 aromatic heterocycles. The minimum absolute atomic E-state index is 0.0205. The van der Waals surface area contributed by atoms with Crippen LogP contribution < -0.4 is 10.6 Å². The third kappa shape index (κ3) is 6.01. The zero-order valence-electron chi connectivity index (χ0n) is 16.2. The van der Waals surface area contributed by atoms with E-state index in [1.165, 1.54) is 23.9 Å². The Morgan fingerprint density at radius 3 is 2.79 bits per heavy atom. The van der Waals surface area contributed by atoms with Gasteiger partial charge in [-0.3, -0.25) is 14.7 Å². The number of ether oxygens (including phenoxy) is 1. The van der Waals surface area contributed by atoms with E-state index in [-0.39, 0.29) is 17.7 Å². The van der Waals surface area contributed by atoms with Crippen molar-refractivity contribution >= 4 is 23.7 Å². The van der Waals surface area contributed by atoms with Crippen molar-refractivity contribution in [2.75, 3.05) is 18.9 Å². The molecule has 0 bridgehead atoms. The predicted octanol–water partition coefficient (Wildman–Crippen LogP) is 2.59. The Balaban J connectivity index is 1.71. The van der Waals surface area contributed by atoms with Crippen molar-refractivity contribution in [1.82, 2.24) is 25.4 Å². The Hall–Kier alpha value is -2.46. The molecule has 2 aromatic rings. The topological polar surface area (TPSA) is 98.1 Å². The fourth-order valence-electron chi connectivity index (χ4n) is 2.94. The largest absolute Gasteiger partial charge is 0.376 e. The summed E-state index contributed by atoms with van der Waals surface area (Å²) in [5, 5.41) is 13.9. The maximum Gasteiger partial charge on any atom is 0.321 e. The van der Waals surface area contributed by atoms with Gasteiger partial charge in [0.2, 0.25) is 5.91 Å². The molecule has 0 unspecified atom stereocenters. The second kappa shape index (κ2) is 10.4. The Morgan fingerprint density at radius 2 is 2.10 bits per heavy atom. The Kier molecular flexibility index (Phi) is 7.59. The summed E-state index contributed by atoms with van der Waals surface area (Å²) in [5.74, 6) is -0.138. The summed E-state index contributed by atoms with van der Waals surface area (Å²) in [6.45, 7) is 3.69. The van der Waals surface area contributed by atoms with Crippen molar-refractivity contribution in [1.29, 1.82) is 0 Å². The van der Waals surface area contributed by atoms with E-state index < -0.39 is 11.9 Å². The molecule has 2 N–H and O–H groups in total.